The number of ketones is 1. The van der Waals surface area contributed by atoms with E-state index in [4.69, 9.17) is 0 Å². The first-order valence-electron chi connectivity index (χ1n) is 10.1. The molecule has 0 unspecified atom stereocenters. The van der Waals surface area contributed by atoms with Crippen LogP contribution in [-0.4, -0.2) is 10.9 Å². The molecule has 1 aromatic rings. The van der Waals surface area contributed by atoms with Crippen LogP contribution in [0.3, 0.4) is 0 Å². The van der Waals surface area contributed by atoms with Gasteiger partial charge in [-0.3, -0.25) is 4.79 Å². The average Bonchev–Trinajstić information content (AvgIpc) is 2.56. The van der Waals surface area contributed by atoms with Gasteiger partial charge >= 0.3 is 0 Å². The number of hydrogen-bond donors (Lipinski definition) is 1. The Morgan fingerprint density at radius 3 is 1.78 bits per heavy atom. The molecule has 0 fully saturated rings. The first-order valence-corrected chi connectivity index (χ1v) is 10.1. The number of carbonyl (C=O) groups is 1. The van der Waals surface area contributed by atoms with E-state index in [0.717, 1.165) is 33.4 Å². The van der Waals surface area contributed by atoms with Crippen molar-refractivity contribution in [3.05, 3.63) is 57.7 Å². The van der Waals surface area contributed by atoms with E-state index in [2.05, 4.69) is 73.6 Å². The van der Waals surface area contributed by atoms with Gasteiger partial charge in [-0.2, -0.15) is 0 Å². The molecule has 0 radical (unpaired) electrons. The Morgan fingerprint density at radius 2 is 1.30 bits per heavy atom. The lowest BCUT2D eigenvalue weighted by molar-refractivity contribution is -0.111. The molecule has 0 amide bonds. The van der Waals surface area contributed by atoms with Gasteiger partial charge in [0.25, 0.3) is 0 Å². The summed E-state index contributed by atoms with van der Waals surface area (Å²) in [6, 6.07) is 4.02. The lowest BCUT2D eigenvalue weighted by atomic mass is 9.82. The Morgan fingerprint density at radius 1 is 0.741 bits per heavy atom. The van der Waals surface area contributed by atoms with Crippen molar-refractivity contribution in [1.29, 1.82) is 0 Å². The summed E-state index contributed by atoms with van der Waals surface area (Å²) in [5.41, 5.74) is 6.26. The smallest absolute Gasteiger partial charge is 0.182 e. The molecule has 2 rings (SSSR count). The van der Waals surface area contributed by atoms with Gasteiger partial charge in [0.05, 0.1) is 0 Å². The molecule has 0 aliphatic heterocycles. The molecule has 0 atom stereocenters. The Hall–Kier alpha value is -2.09. The first kappa shape index (κ1) is 21.2. The van der Waals surface area contributed by atoms with Crippen LogP contribution in [0.25, 0.3) is 6.08 Å². The maximum Gasteiger partial charge on any atom is 0.182 e. The molecule has 0 saturated heterocycles. The molecule has 1 aromatic carbocycles. The van der Waals surface area contributed by atoms with Gasteiger partial charge in [0, 0.05) is 5.57 Å². The van der Waals surface area contributed by atoms with Crippen LogP contribution in [0.4, 0.5) is 0 Å². The van der Waals surface area contributed by atoms with Crippen molar-refractivity contribution in [2.45, 2.75) is 67.2 Å². The fraction of sp³-hybridized carbons (Fsp3) is 0.480. The fourth-order valence-corrected chi connectivity index (χ4v) is 3.60. The normalized spacial score (nSPS) is 16.7. The minimum absolute atomic E-state index is 0.128. The highest BCUT2D eigenvalue weighted by atomic mass is 16.3. The highest BCUT2D eigenvalue weighted by molar-refractivity contribution is 6.07. The standard InChI is InChI=1S/C25H34O2/c1-14(2)20-12-24(26)22(16(5)6)10-18(20)9-19-11-23(17(7)8)25(27)13-21(19)15(3)4/h9-17,26H,1-8H3. The summed E-state index contributed by atoms with van der Waals surface area (Å²) in [7, 11) is 0. The van der Waals surface area contributed by atoms with Crippen LogP contribution in [-0.2, 0) is 4.79 Å². The third-order valence-corrected chi connectivity index (χ3v) is 5.25. The van der Waals surface area contributed by atoms with Crippen LogP contribution in [0.5, 0.6) is 5.75 Å². The van der Waals surface area contributed by atoms with Gasteiger partial charge in [0.2, 0.25) is 0 Å². The van der Waals surface area contributed by atoms with E-state index in [0.29, 0.717) is 11.7 Å². The highest BCUT2D eigenvalue weighted by Gasteiger charge is 2.22. The van der Waals surface area contributed by atoms with E-state index in [1.54, 1.807) is 0 Å². The van der Waals surface area contributed by atoms with Gasteiger partial charge in [-0.25, -0.2) is 0 Å². The van der Waals surface area contributed by atoms with Gasteiger partial charge in [-0.1, -0.05) is 55.4 Å². The minimum Gasteiger partial charge on any atom is -0.508 e. The number of benzene rings is 1. The van der Waals surface area contributed by atoms with Crippen LogP contribution in [0.15, 0.2) is 41.0 Å². The zero-order chi connectivity index (χ0) is 20.5. The zero-order valence-electron chi connectivity index (χ0n) is 18.1. The third-order valence-electron chi connectivity index (χ3n) is 5.25. The average molecular weight is 367 g/mol. The summed E-state index contributed by atoms with van der Waals surface area (Å²) in [5.74, 6) is 1.51. The van der Waals surface area contributed by atoms with Crippen LogP contribution < -0.4 is 0 Å². The van der Waals surface area contributed by atoms with Crippen LogP contribution in [0.1, 0.15) is 83.9 Å². The lowest BCUT2D eigenvalue weighted by Gasteiger charge is -2.22. The maximum atomic E-state index is 12.5. The summed E-state index contributed by atoms with van der Waals surface area (Å²) in [4.78, 5) is 12.5. The van der Waals surface area contributed by atoms with Crippen molar-refractivity contribution < 1.29 is 9.90 Å². The zero-order valence-corrected chi connectivity index (χ0v) is 18.1. The summed E-state index contributed by atoms with van der Waals surface area (Å²) in [6.45, 7) is 16.9. The number of phenols is 1. The van der Waals surface area contributed by atoms with Gasteiger partial charge in [0.15, 0.2) is 5.78 Å². The van der Waals surface area contributed by atoms with E-state index < -0.39 is 0 Å². The number of carbonyl (C=O) groups excluding carboxylic acids is 1. The van der Waals surface area contributed by atoms with Crippen LogP contribution in [0, 0.1) is 11.8 Å². The lowest BCUT2D eigenvalue weighted by Crippen LogP contribution is -2.14. The molecular weight excluding hydrogens is 332 g/mol. The number of aromatic hydroxyl groups is 1. The number of hydrogen-bond acceptors (Lipinski definition) is 2. The van der Waals surface area contributed by atoms with Crippen molar-refractivity contribution in [2.24, 2.45) is 11.8 Å². The molecule has 0 bridgehead atoms. The monoisotopic (exact) mass is 366 g/mol. The largest absolute Gasteiger partial charge is 0.508 e. The van der Waals surface area contributed by atoms with E-state index in [-0.39, 0.29) is 23.5 Å². The molecule has 0 spiro atoms. The number of allylic oxidation sites excluding steroid dienone is 5. The number of rotatable bonds is 5. The molecule has 2 nitrogen and oxygen atoms in total. The van der Waals surface area contributed by atoms with Crippen molar-refractivity contribution in [1.82, 2.24) is 0 Å². The van der Waals surface area contributed by atoms with Crippen molar-refractivity contribution in [3.63, 3.8) is 0 Å². The Bertz CT molecular complexity index is 815. The molecule has 1 aliphatic carbocycles. The van der Waals surface area contributed by atoms with Crippen LogP contribution in [0.2, 0.25) is 0 Å². The molecule has 27 heavy (non-hydrogen) atoms. The van der Waals surface area contributed by atoms with Crippen molar-refractivity contribution in [2.75, 3.05) is 0 Å². The van der Waals surface area contributed by atoms with Crippen molar-refractivity contribution in [3.8, 4) is 5.75 Å². The summed E-state index contributed by atoms with van der Waals surface area (Å²) in [5, 5.41) is 10.4. The van der Waals surface area contributed by atoms with E-state index in [9.17, 15) is 9.90 Å². The SMILES string of the molecule is CC(C)C1=CC(=Cc2cc(C(C)C)c(O)cc2C(C)C)C(C(C)C)=CC1=O. The number of phenolic OH excluding ortho intramolecular Hbond substituents is 1. The highest BCUT2D eigenvalue weighted by Crippen LogP contribution is 2.36. The second kappa shape index (κ2) is 8.29. The quantitative estimate of drug-likeness (QED) is 0.624. The maximum absolute atomic E-state index is 12.5. The molecule has 0 aromatic heterocycles. The molecule has 2 heteroatoms. The van der Waals surface area contributed by atoms with E-state index >= 15 is 0 Å². The summed E-state index contributed by atoms with van der Waals surface area (Å²) in [6.07, 6.45) is 6.07. The molecular formula is C25H34O2. The van der Waals surface area contributed by atoms with E-state index in [1.807, 2.05) is 12.1 Å². The molecule has 0 heterocycles. The van der Waals surface area contributed by atoms with Gasteiger partial charge in [0.1, 0.15) is 5.75 Å². The summed E-state index contributed by atoms with van der Waals surface area (Å²) < 4.78 is 0. The molecule has 146 valence electrons. The third kappa shape index (κ3) is 4.61. The molecule has 1 aliphatic rings. The Kier molecular flexibility index (Phi) is 6.51. The summed E-state index contributed by atoms with van der Waals surface area (Å²) >= 11 is 0. The first-order chi connectivity index (χ1) is 12.5. The van der Waals surface area contributed by atoms with Gasteiger partial charge in [-0.05, 0) is 81.9 Å². The second-order valence-electron chi connectivity index (χ2n) is 8.82. The topological polar surface area (TPSA) is 37.3 Å². The van der Waals surface area contributed by atoms with Crippen LogP contribution >= 0.6 is 0 Å². The molecule has 0 saturated carbocycles. The fourth-order valence-electron chi connectivity index (χ4n) is 3.60. The van der Waals surface area contributed by atoms with Gasteiger partial charge < -0.3 is 5.11 Å². The van der Waals surface area contributed by atoms with Crippen molar-refractivity contribution >= 4 is 11.9 Å². The molecule has 1 N–H and O–H groups in total. The predicted molar refractivity (Wildman–Crippen MR) is 115 cm³/mol. The Labute approximate surface area is 164 Å². The Balaban J connectivity index is 2.71. The van der Waals surface area contributed by atoms with E-state index in [1.165, 1.54) is 0 Å². The predicted octanol–water partition coefficient (Wildman–Crippen LogP) is 6.77. The van der Waals surface area contributed by atoms with Gasteiger partial charge in [-0.15, -0.1) is 0 Å². The second-order valence-corrected chi connectivity index (χ2v) is 8.82. The minimum atomic E-state index is 0.128.